The number of hydrogen-bond acceptors (Lipinski definition) is 6. The van der Waals surface area contributed by atoms with Gasteiger partial charge in [0, 0.05) is 24.2 Å². The average Bonchev–Trinajstić information content (AvgIpc) is 2.91. The van der Waals surface area contributed by atoms with E-state index >= 15 is 0 Å². The zero-order valence-corrected chi connectivity index (χ0v) is 15.4. The van der Waals surface area contributed by atoms with Crippen LogP contribution in [0.15, 0.2) is 35.5 Å². The van der Waals surface area contributed by atoms with E-state index in [4.69, 9.17) is 9.47 Å². The lowest BCUT2D eigenvalue weighted by atomic mass is 9.81. The zero-order valence-electron chi connectivity index (χ0n) is 15.4. The molecule has 2 aliphatic rings. The molecule has 6 heteroatoms. The van der Waals surface area contributed by atoms with Crippen LogP contribution in [0.4, 0.5) is 0 Å². The molecule has 0 aromatic carbocycles. The van der Waals surface area contributed by atoms with Crippen molar-refractivity contribution in [3.8, 4) is 0 Å². The number of fused-ring (bicyclic) bond motifs is 1. The highest BCUT2D eigenvalue weighted by Gasteiger charge is 2.46. The van der Waals surface area contributed by atoms with E-state index in [-0.39, 0.29) is 24.7 Å². The third kappa shape index (κ3) is 4.62. The summed E-state index contributed by atoms with van der Waals surface area (Å²) in [6.45, 7) is 7.10. The number of ether oxygens (including phenoxy) is 2. The van der Waals surface area contributed by atoms with E-state index in [0.29, 0.717) is 31.3 Å². The summed E-state index contributed by atoms with van der Waals surface area (Å²) >= 11 is 0. The largest absolute Gasteiger partial charge is 0.458 e. The van der Waals surface area contributed by atoms with Gasteiger partial charge >= 0.3 is 11.9 Å². The van der Waals surface area contributed by atoms with Crippen LogP contribution in [0.1, 0.15) is 39.5 Å². The Kier molecular flexibility index (Phi) is 7.17. The predicted octanol–water partition coefficient (Wildman–Crippen LogP) is 2.06. The first-order valence-electron chi connectivity index (χ1n) is 9.04. The van der Waals surface area contributed by atoms with E-state index in [1.807, 2.05) is 6.08 Å². The van der Waals surface area contributed by atoms with Crippen molar-refractivity contribution >= 4 is 11.9 Å². The molecule has 0 aromatic rings. The van der Waals surface area contributed by atoms with E-state index < -0.39 is 30.1 Å². The number of aliphatic hydroxyl groups is 2. The Bertz CT molecular complexity index is 618. The highest BCUT2D eigenvalue weighted by Crippen LogP contribution is 2.38. The molecule has 0 saturated carbocycles. The maximum Gasteiger partial charge on any atom is 0.334 e. The van der Waals surface area contributed by atoms with E-state index in [0.717, 1.165) is 5.57 Å². The van der Waals surface area contributed by atoms with E-state index in [2.05, 4.69) is 6.58 Å². The van der Waals surface area contributed by atoms with Gasteiger partial charge in [0.1, 0.15) is 12.2 Å². The van der Waals surface area contributed by atoms with E-state index in [1.165, 1.54) is 0 Å². The monoisotopic (exact) mass is 364 g/mol. The fraction of sp³-hybridized carbons (Fsp3) is 0.600. The normalized spacial score (nSPS) is 32.3. The summed E-state index contributed by atoms with van der Waals surface area (Å²) in [5.74, 6) is -1.52. The van der Waals surface area contributed by atoms with Gasteiger partial charge in [0.05, 0.1) is 12.5 Å². The van der Waals surface area contributed by atoms with Crippen LogP contribution in [0.25, 0.3) is 0 Å². The Morgan fingerprint density at radius 3 is 2.81 bits per heavy atom. The number of esters is 2. The molecule has 0 unspecified atom stereocenters. The fourth-order valence-corrected chi connectivity index (χ4v) is 3.50. The van der Waals surface area contributed by atoms with Gasteiger partial charge < -0.3 is 19.7 Å². The summed E-state index contributed by atoms with van der Waals surface area (Å²) in [6.07, 6.45) is 4.67. The fourth-order valence-electron chi connectivity index (χ4n) is 3.50. The van der Waals surface area contributed by atoms with Crippen molar-refractivity contribution in [2.75, 3.05) is 13.2 Å². The minimum atomic E-state index is -0.614. The molecule has 0 amide bonds. The van der Waals surface area contributed by atoms with Crippen molar-refractivity contribution in [1.82, 2.24) is 0 Å². The van der Waals surface area contributed by atoms with Crippen LogP contribution in [0.3, 0.4) is 0 Å². The first-order chi connectivity index (χ1) is 12.4. The maximum atomic E-state index is 12.3. The molecule has 2 N–H and O–H groups in total. The van der Waals surface area contributed by atoms with Gasteiger partial charge in [0.25, 0.3) is 0 Å². The number of aliphatic hydroxyl groups excluding tert-OH is 2. The van der Waals surface area contributed by atoms with Gasteiger partial charge in [-0.1, -0.05) is 18.7 Å². The summed E-state index contributed by atoms with van der Waals surface area (Å²) < 4.78 is 11.2. The molecular formula is C20H28O6. The predicted molar refractivity (Wildman–Crippen MR) is 96.0 cm³/mol. The Labute approximate surface area is 154 Å². The first-order valence-corrected chi connectivity index (χ1v) is 9.04. The highest BCUT2D eigenvalue weighted by atomic mass is 16.6. The van der Waals surface area contributed by atoms with Crippen LogP contribution in [0.2, 0.25) is 0 Å². The number of allylic oxidation sites excluding steroid dienone is 2. The molecule has 0 radical (unpaired) electrons. The molecule has 0 aromatic heterocycles. The molecule has 1 aliphatic heterocycles. The third-order valence-corrected chi connectivity index (χ3v) is 5.24. The topological polar surface area (TPSA) is 93.1 Å². The van der Waals surface area contributed by atoms with Crippen LogP contribution in [-0.4, -0.2) is 47.6 Å². The minimum absolute atomic E-state index is 0.0440. The van der Waals surface area contributed by atoms with Crippen molar-refractivity contribution in [2.45, 2.75) is 51.7 Å². The van der Waals surface area contributed by atoms with E-state index in [9.17, 15) is 19.8 Å². The van der Waals surface area contributed by atoms with Crippen LogP contribution >= 0.6 is 0 Å². The van der Waals surface area contributed by atoms with Gasteiger partial charge in [-0.05, 0) is 44.6 Å². The van der Waals surface area contributed by atoms with Crippen molar-refractivity contribution < 1.29 is 29.3 Å². The summed E-state index contributed by atoms with van der Waals surface area (Å²) in [4.78, 5) is 24.4. The average molecular weight is 364 g/mol. The molecule has 144 valence electrons. The Balaban J connectivity index is 2.36. The molecule has 0 bridgehead atoms. The van der Waals surface area contributed by atoms with Gasteiger partial charge in [-0.3, -0.25) is 0 Å². The molecule has 4 atom stereocenters. The standard InChI is InChI=1S/C20H28O6/c1-4-12(2)19(23)25-16-8-14(10-21)6-5-7-15(11-22)9-17-18(16)13(3)20(24)26-17/h4,7,14,16-18,21-22H,3,5-6,8-11H2,1-2H3/b12-4?,15-7+/t14-,16-,17-,18-/m1/s1. The summed E-state index contributed by atoms with van der Waals surface area (Å²) in [5, 5.41) is 19.3. The van der Waals surface area contributed by atoms with Gasteiger partial charge in [0.15, 0.2) is 0 Å². The smallest absolute Gasteiger partial charge is 0.334 e. The molecule has 1 fully saturated rings. The third-order valence-electron chi connectivity index (χ3n) is 5.24. The highest BCUT2D eigenvalue weighted by molar-refractivity contribution is 5.91. The van der Waals surface area contributed by atoms with Crippen LogP contribution in [0, 0.1) is 11.8 Å². The Morgan fingerprint density at radius 2 is 2.19 bits per heavy atom. The maximum absolute atomic E-state index is 12.3. The van der Waals surface area contributed by atoms with Gasteiger partial charge in [-0.15, -0.1) is 0 Å². The Morgan fingerprint density at radius 1 is 1.46 bits per heavy atom. The van der Waals surface area contributed by atoms with Gasteiger partial charge in [0.2, 0.25) is 0 Å². The lowest BCUT2D eigenvalue weighted by molar-refractivity contribution is -0.149. The number of carbonyl (C=O) groups is 2. The molecular weight excluding hydrogens is 336 g/mol. The van der Waals surface area contributed by atoms with Crippen LogP contribution in [-0.2, 0) is 19.1 Å². The molecule has 6 nitrogen and oxygen atoms in total. The van der Waals surface area contributed by atoms with Gasteiger partial charge in [-0.25, -0.2) is 9.59 Å². The van der Waals surface area contributed by atoms with Crippen molar-refractivity contribution in [2.24, 2.45) is 11.8 Å². The second-order valence-corrected chi connectivity index (χ2v) is 7.00. The van der Waals surface area contributed by atoms with Crippen LogP contribution < -0.4 is 0 Å². The van der Waals surface area contributed by atoms with Gasteiger partial charge in [-0.2, -0.15) is 0 Å². The van der Waals surface area contributed by atoms with Crippen molar-refractivity contribution in [3.63, 3.8) is 0 Å². The number of hydrogen-bond donors (Lipinski definition) is 2. The number of rotatable bonds is 4. The number of carbonyl (C=O) groups excluding carboxylic acids is 2. The molecule has 2 rings (SSSR count). The quantitative estimate of drug-likeness (QED) is 0.451. The lowest BCUT2D eigenvalue weighted by Gasteiger charge is -2.31. The lowest BCUT2D eigenvalue weighted by Crippen LogP contribution is -2.36. The summed E-state index contributed by atoms with van der Waals surface area (Å²) in [5.41, 5.74) is 1.53. The molecule has 26 heavy (non-hydrogen) atoms. The zero-order chi connectivity index (χ0) is 19.3. The van der Waals surface area contributed by atoms with Crippen LogP contribution in [0.5, 0.6) is 0 Å². The van der Waals surface area contributed by atoms with Crippen molar-refractivity contribution in [3.05, 3.63) is 35.5 Å². The van der Waals surface area contributed by atoms with Crippen molar-refractivity contribution in [1.29, 1.82) is 0 Å². The molecule has 1 saturated heterocycles. The molecule has 1 aliphatic carbocycles. The SMILES string of the molecule is C=C1C(=O)O[C@@H]2C/C(CO)=C\CC[C@@H](CO)C[C@@H](OC(=O)C(C)=CC)[C@@H]12. The first kappa shape index (κ1) is 20.4. The Hall–Kier alpha value is -1.92. The molecule has 0 spiro atoms. The minimum Gasteiger partial charge on any atom is -0.458 e. The summed E-state index contributed by atoms with van der Waals surface area (Å²) in [7, 11) is 0. The second kappa shape index (κ2) is 9.14. The van der Waals surface area contributed by atoms with E-state index in [1.54, 1.807) is 19.9 Å². The second-order valence-electron chi connectivity index (χ2n) is 7.00. The molecule has 1 heterocycles. The summed E-state index contributed by atoms with van der Waals surface area (Å²) in [6, 6.07) is 0.